The lowest BCUT2D eigenvalue weighted by Gasteiger charge is -2.38. The van der Waals surface area contributed by atoms with E-state index in [0.717, 1.165) is 24.8 Å². The van der Waals surface area contributed by atoms with Crippen LogP contribution in [0.3, 0.4) is 0 Å². The van der Waals surface area contributed by atoms with Crippen LogP contribution in [-0.2, 0) is 21.4 Å². The van der Waals surface area contributed by atoms with Crippen LogP contribution in [0.5, 0.6) is 0 Å². The maximum atomic E-state index is 13.8. The lowest BCUT2D eigenvalue weighted by Crippen LogP contribution is -2.48. The molecule has 0 N–H and O–H groups in total. The summed E-state index contributed by atoms with van der Waals surface area (Å²) in [5.74, 6) is 0.159. The van der Waals surface area contributed by atoms with Crippen molar-refractivity contribution in [3.05, 3.63) is 57.3 Å². The first-order chi connectivity index (χ1) is 18.6. The standard InChI is InChI=1S/C34H52N2O2S/c1-7-8-9-10-11-12-13-14-15-16-31(37)36(26(2)3)25-32(38)35-23-21-30-29(22-24-39-30)33(35)27-17-19-28(20-18-27)34(4,5)6/h17-20,22,24,26,33H,7-16,21,23,25H2,1-6H3. The van der Waals surface area contributed by atoms with E-state index >= 15 is 0 Å². The summed E-state index contributed by atoms with van der Waals surface area (Å²) in [7, 11) is 0. The quantitative estimate of drug-likeness (QED) is 0.220. The minimum atomic E-state index is -0.0945. The molecule has 1 atom stereocenters. The Labute approximate surface area is 242 Å². The molecule has 0 saturated carbocycles. The van der Waals surface area contributed by atoms with E-state index in [-0.39, 0.29) is 35.9 Å². The van der Waals surface area contributed by atoms with E-state index in [2.05, 4.69) is 63.4 Å². The third-order valence-electron chi connectivity index (χ3n) is 8.12. The van der Waals surface area contributed by atoms with Gasteiger partial charge in [0.05, 0.1) is 6.04 Å². The third-order valence-corrected chi connectivity index (χ3v) is 9.12. The number of amides is 2. The Morgan fingerprint density at radius 1 is 0.949 bits per heavy atom. The number of benzene rings is 1. The van der Waals surface area contributed by atoms with E-state index in [1.54, 1.807) is 16.2 Å². The first-order valence-electron chi connectivity index (χ1n) is 15.4. The zero-order chi connectivity index (χ0) is 28.4. The molecule has 0 bridgehead atoms. The molecule has 1 aromatic carbocycles. The van der Waals surface area contributed by atoms with Crippen LogP contribution in [0, 0.1) is 0 Å². The first-order valence-corrected chi connectivity index (χ1v) is 16.3. The average molecular weight is 553 g/mol. The van der Waals surface area contributed by atoms with Gasteiger partial charge in [-0.3, -0.25) is 9.59 Å². The van der Waals surface area contributed by atoms with E-state index in [0.29, 0.717) is 13.0 Å². The molecular weight excluding hydrogens is 500 g/mol. The molecule has 2 amide bonds. The lowest BCUT2D eigenvalue weighted by atomic mass is 9.85. The highest BCUT2D eigenvalue weighted by Crippen LogP contribution is 2.38. The number of fused-ring (bicyclic) bond motifs is 1. The second kappa shape index (κ2) is 15.0. The molecule has 5 heteroatoms. The minimum Gasteiger partial charge on any atom is -0.331 e. The van der Waals surface area contributed by atoms with Gasteiger partial charge in [-0.25, -0.2) is 0 Å². The summed E-state index contributed by atoms with van der Waals surface area (Å²) in [4.78, 5) is 32.2. The van der Waals surface area contributed by atoms with E-state index in [9.17, 15) is 9.59 Å². The van der Waals surface area contributed by atoms with Crippen molar-refractivity contribution < 1.29 is 9.59 Å². The van der Waals surface area contributed by atoms with E-state index in [1.807, 2.05) is 18.7 Å². The zero-order valence-electron chi connectivity index (χ0n) is 25.4. The molecular formula is C34H52N2O2S. The van der Waals surface area contributed by atoms with Crippen LogP contribution in [0.4, 0.5) is 0 Å². The molecule has 2 heterocycles. The number of hydrogen-bond donors (Lipinski definition) is 0. The van der Waals surface area contributed by atoms with Gasteiger partial charge in [-0.15, -0.1) is 11.3 Å². The maximum absolute atomic E-state index is 13.8. The van der Waals surface area contributed by atoms with Crippen LogP contribution in [0.25, 0.3) is 0 Å². The number of rotatable bonds is 14. The summed E-state index contributed by atoms with van der Waals surface area (Å²) < 4.78 is 0. The van der Waals surface area contributed by atoms with Crippen LogP contribution in [-0.4, -0.2) is 40.7 Å². The molecule has 216 valence electrons. The van der Waals surface area contributed by atoms with Gasteiger partial charge in [0.2, 0.25) is 11.8 Å². The predicted octanol–water partition coefficient (Wildman–Crippen LogP) is 8.68. The van der Waals surface area contributed by atoms with Gasteiger partial charge >= 0.3 is 0 Å². The summed E-state index contributed by atoms with van der Waals surface area (Å²) in [6, 6.07) is 10.9. The topological polar surface area (TPSA) is 40.6 Å². The summed E-state index contributed by atoms with van der Waals surface area (Å²) in [6.45, 7) is 13.8. The molecule has 39 heavy (non-hydrogen) atoms. The van der Waals surface area contributed by atoms with E-state index in [1.165, 1.54) is 60.9 Å². The van der Waals surface area contributed by atoms with Crippen molar-refractivity contribution in [3.8, 4) is 0 Å². The lowest BCUT2D eigenvalue weighted by molar-refractivity contribution is -0.143. The molecule has 1 aliphatic rings. The minimum absolute atomic E-state index is 0.00559. The molecule has 0 spiro atoms. The third kappa shape index (κ3) is 8.93. The van der Waals surface area contributed by atoms with Gasteiger partial charge in [-0.05, 0) is 60.2 Å². The van der Waals surface area contributed by atoms with Crippen molar-refractivity contribution in [3.63, 3.8) is 0 Å². The van der Waals surface area contributed by atoms with Gasteiger partial charge in [0.25, 0.3) is 0 Å². The molecule has 1 unspecified atom stereocenters. The molecule has 1 aromatic heterocycles. The monoisotopic (exact) mass is 552 g/mol. The Balaban J connectivity index is 1.62. The van der Waals surface area contributed by atoms with Crippen molar-refractivity contribution in [1.82, 2.24) is 9.80 Å². The van der Waals surface area contributed by atoms with Crippen LogP contribution in [0.1, 0.15) is 133 Å². The van der Waals surface area contributed by atoms with Crippen LogP contribution >= 0.6 is 11.3 Å². The normalized spacial score (nSPS) is 15.5. The van der Waals surface area contributed by atoms with Crippen molar-refractivity contribution in [2.24, 2.45) is 0 Å². The number of nitrogens with zero attached hydrogens (tertiary/aromatic N) is 2. The number of hydrogen-bond acceptors (Lipinski definition) is 3. The Hall–Kier alpha value is -2.14. The molecule has 0 fully saturated rings. The van der Waals surface area contributed by atoms with Gasteiger partial charge in [0.15, 0.2) is 0 Å². The van der Waals surface area contributed by atoms with E-state index < -0.39 is 0 Å². The van der Waals surface area contributed by atoms with Crippen molar-refractivity contribution >= 4 is 23.2 Å². The summed E-state index contributed by atoms with van der Waals surface area (Å²) in [5, 5.41) is 2.14. The van der Waals surface area contributed by atoms with Gasteiger partial charge in [-0.2, -0.15) is 0 Å². The van der Waals surface area contributed by atoms with Gasteiger partial charge in [0.1, 0.15) is 6.54 Å². The van der Waals surface area contributed by atoms with Crippen LogP contribution in [0.2, 0.25) is 0 Å². The zero-order valence-corrected chi connectivity index (χ0v) is 26.2. The van der Waals surface area contributed by atoms with Gasteiger partial charge in [0, 0.05) is 23.9 Å². The molecule has 0 radical (unpaired) electrons. The highest BCUT2D eigenvalue weighted by atomic mass is 32.1. The highest BCUT2D eigenvalue weighted by Gasteiger charge is 2.34. The van der Waals surface area contributed by atoms with Crippen LogP contribution < -0.4 is 0 Å². The summed E-state index contributed by atoms with van der Waals surface area (Å²) in [6.07, 6.45) is 12.5. The highest BCUT2D eigenvalue weighted by molar-refractivity contribution is 7.10. The number of unbranched alkanes of at least 4 members (excludes halogenated alkanes) is 8. The molecule has 1 aliphatic heterocycles. The molecule has 4 nitrogen and oxygen atoms in total. The SMILES string of the molecule is CCCCCCCCCCCC(=O)N(CC(=O)N1CCc2sccc2C1c1ccc(C(C)(C)C)cc1)C(C)C. The molecule has 0 aliphatic carbocycles. The maximum Gasteiger partial charge on any atom is 0.243 e. The van der Waals surface area contributed by atoms with Crippen molar-refractivity contribution in [2.45, 2.75) is 130 Å². The smallest absolute Gasteiger partial charge is 0.243 e. The molecule has 2 aromatic rings. The molecule has 0 saturated heterocycles. The van der Waals surface area contributed by atoms with Gasteiger partial charge in [-0.1, -0.05) is 103 Å². The second-order valence-electron chi connectivity index (χ2n) is 12.6. The van der Waals surface area contributed by atoms with Crippen LogP contribution in [0.15, 0.2) is 35.7 Å². The second-order valence-corrected chi connectivity index (χ2v) is 13.6. The fraction of sp³-hybridized carbons (Fsp3) is 0.647. The largest absolute Gasteiger partial charge is 0.331 e. The van der Waals surface area contributed by atoms with Crippen molar-refractivity contribution in [2.75, 3.05) is 13.1 Å². The average Bonchev–Trinajstić information content (AvgIpc) is 3.38. The number of carbonyl (C=O) groups excluding carboxylic acids is 2. The van der Waals surface area contributed by atoms with Gasteiger partial charge < -0.3 is 9.80 Å². The Morgan fingerprint density at radius 2 is 1.56 bits per heavy atom. The number of carbonyl (C=O) groups is 2. The molecule has 3 rings (SSSR count). The Morgan fingerprint density at radius 3 is 2.15 bits per heavy atom. The number of thiophene rings is 1. The predicted molar refractivity (Wildman–Crippen MR) is 165 cm³/mol. The fourth-order valence-electron chi connectivity index (χ4n) is 5.64. The summed E-state index contributed by atoms with van der Waals surface area (Å²) in [5.41, 5.74) is 3.76. The van der Waals surface area contributed by atoms with Crippen molar-refractivity contribution in [1.29, 1.82) is 0 Å². The fourth-order valence-corrected chi connectivity index (χ4v) is 6.54. The Bertz CT molecular complexity index is 1030. The summed E-state index contributed by atoms with van der Waals surface area (Å²) >= 11 is 1.79. The van der Waals surface area contributed by atoms with E-state index in [4.69, 9.17) is 0 Å². The first kappa shape index (κ1) is 31.4. The Kier molecular flexibility index (Phi) is 12.1.